The Morgan fingerprint density at radius 2 is 1.60 bits per heavy atom. The maximum absolute atomic E-state index is 14.0. The van der Waals surface area contributed by atoms with Gasteiger partial charge in [-0.15, -0.1) is 0 Å². The quantitative estimate of drug-likeness (QED) is 0.461. The second-order valence-electron chi connectivity index (χ2n) is 6.40. The predicted molar refractivity (Wildman–Crippen MR) is 108 cm³/mol. The van der Waals surface area contributed by atoms with Gasteiger partial charge in [0.2, 0.25) is 0 Å². The molecule has 0 saturated carbocycles. The van der Waals surface area contributed by atoms with Gasteiger partial charge in [0.1, 0.15) is 0 Å². The summed E-state index contributed by atoms with van der Waals surface area (Å²) in [7, 11) is 0. The summed E-state index contributed by atoms with van der Waals surface area (Å²) in [5.41, 5.74) is 0.754. The number of rotatable bonds is 6. The highest BCUT2D eigenvalue weighted by molar-refractivity contribution is 7.99. The average molecular weight is 433 g/mol. The van der Waals surface area contributed by atoms with E-state index in [0.29, 0.717) is 21.6 Å². The largest absolute Gasteiger partial charge is 0.465 e. The Labute approximate surface area is 175 Å². The van der Waals surface area contributed by atoms with Crippen LogP contribution >= 0.6 is 11.8 Å². The lowest BCUT2D eigenvalue weighted by molar-refractivity contribution is -0.139. The topological polar surface area (TPSA) is 69.6 Å². The van der Waals surface area contributed by atoms with Crippen LogP contribution in [0.2, 0.25) is 0 Å². The molecule has 3 rings (SSSR count). The fourth-order valence-corrected chi connectivity index (χ4v) is 4.14. The summed E-state index contributed by atoms with van der Waals surface area (Å²) >= 11 is 0.862. The van der Waals surface area contributed by atoms with Crippen molar-refractivity contribution in [3.8, 4) is 11.1 Å². The molecule has 0 aliphatic rings. The minimum Gasteiger partial charge on any atom is -0.465 e. The number of benzene rings is 3. The number of hydrogen-bond donors (Lipinski definition) is 3. The van der Waals surface area contributed by atoms with E-state index >= 15 is 0 Å². The van der Waals surface area contributed by atoms with Crippen LogP contribution in [0, 0.1) is 0 Å². The zero-order chi connectivity index (χ0) is 21.7. The Hall–Kier alpha value is -2.97. The number of aliphatic hydroxyl groups excluding tert-OH is 1. The number of hydrogen-bond acceptors (Lipinski definition) is 3. The van der Waals surface area contributed by atoms with Gasteiger partial charge in [0, 0.05) is 16.3 Å². The van der Waals surface area contributed by atoms with Crippen LogP contribution in [0.5, 0.6) is 0 Å². The summed E-state index contributed by atoms with van der Waals surface area (Å²) < 4.78 is 42.0. The summed E-state index contributed by atoms with van der Waals surface area (Å²) in [6.45, 7) is -0.613. The number of carboxylic acid groups (broad SMARTS) is 1. The number of aliphatic hydroxyl groups is 1. The van der Waals surface area contributed by atoms with Crippen LogP contribution < -0.4 is 5.32 Å². The van der Waals surface area contributed by atoms with E-state index in [0.717, 1.165) is 17.8 Å². The third-order valence-electron chi connectivity index (χ3n) is 4.36. The Bertz CT molecular complexity index is 1040. The highest BCUT2D eigenvalue weighted by atomic mass is 32.2. The van der Waals surface area contributed by atoms with Crippen molar-refractivity contribution in [2.24, 2.45) is 0 Å². The number of nitrogens with one attached hydrogen (secondary N) is 1. The highest BCUT2D eigenvalue weighted by Crippen LogP contribution is 2.44. The molecule has 0 fully saturated rings. The Balaban J connectivity index is 2.20. The minimum atomic E-state index is -4.65. The predicted octanol–water partition coefficient (Wildman–Crippen LogP) is 5.78. The molecule has 1 amide bonds. The summed E-state index contributed by atoms with van der Waals surface area (Å²) in [6.07, 6.45) is -5.99. The molecule has 156 valence electrons. The van der Waals surface area contributed by atoms with E-state index in [2.05, 4.69) is 5.32 Å². The summed E-state index contributed by atoms with van der Waals surface area (Å²) in [6, 6.07) is 17.8. The fraction of sp³-hybridized carbons (Fsp3) is 0.136. The first-order chi connectivity index (χ1) is 14.3. The number of carbonyl (C=O) groups is 1. The lowest BCUT2D eigenvalue weighted by Crippen LogP contribution is -2.21. The van der Waals surface area contributed by atoms with E-state index in [4.69, 9.17) is 5.11 Å². The van der Waals surface area contributed by atoms with E-state index in [-0.39, 0.29) is 23.6 Å². The highest BCUT2D eigenvalue weighted by Gasteiger charge is 2.35. The monoisotopic (exact) mass is 433 g/mol. The van der Waals surface area contributed by atoms with Crippen LogP contribution in [0.25, 0.3) is 11.1 Å². The Morgan fingerprint density at radius 1 is 0.933 bits per heavy atom. The Morgan fingerprint density at radius 3 is 2.23 bits per heavy atom. The van der Waals surface area contributed by atoms with Crippen molar-refractivity contribution in [3.63, 3.8) is 0 Å². The second kappa shape index (κ2) is 9.23. The molecule has 0 aliphatic carbocycles. The molecule has 0 radical (unpaired) electrons. The molecule has 3 N–H and O–H groups in total. The van der Waals surface area contributed by atoms with Crippen LogP contribution in [0.1, 0.15) is 16.7 Å². The minimum absolute atomic E-state index is 0.100. The van der Waals surface area contributed by atoms with E-state index < -0.39 is 17.8 Å². The molecule has 0 unspecified atom stereocenters. The third-order valence-corrected chi connectivity index (χ3v) is 5.67. The molecular formula is C22H18F3NO3S. The van der Waals surface area contributed by atoms with Gasteiger partial charge in [0.25, 0.3) is 0 Å². The molecule has 3 aromatic rings. The van der Waals surface area contributed by atoms with Crippen molar-refractivity contribution in [3.05, 3.63) is 83.4 Å². The first-order valence-corrected chi connectivity index (χ1v) is 9.74. The summed E-state index contributed by atoms with van der Waals surface area (Å²) in [5, 5.41) is 20.7. The van der Waals surface area contributed by atoms with Crippen LogP contribution in [0.4, 0.5) is 18.0 Å². The van der Waals surface area contributed by atoms with Crippen molar-refractivity contribution >= 4 is 17.9 Å². The SMILES string of the molecule is O=C(O)NCc1cc(-c2ccccc2)cc(C(F)(F)F)c1Sc1ccccc1CO. The van der Waals surface area contributed by atoms with Crippen molar-refractivity contribution in [2.45, 2.75) is 29.1 Å². The van der Waals surface area contributed by atoms with Gasteiger partial charge in [-0.1, -0.05) is 60.3 Å². The lowest BCUT2D eigenvalue weighted by Gasteiger charge is -2.20. The van der Waals surface area contributed by atoms with E-state index in [1.165, 1.54) is 0 Å². The lowest BCUT2D eigenvalue weighted by atomic mass is 9.99. The van der Waals surface area contributed by atoms with Gasteiger partial charge in [-0.25, -0.2) is 4.79 Å². The van der Waals surface area contributed by atoms with Crippen LogP contribution in [0.3, 0.4) is 0 Å². The third kappa shape index (κ3) is 5.14. The van der Waals surface area contributed by atoms with Crippen LogP contribution in [-0.2, 0) is 19.3 Å². The molecule has 0 bridgehead atoms. The van der Waals surface area contributed by atoms with Gasteiger partial charge in [-0.2, -0.15) is 13.2 Å². The first kappa shape index (κ1) is 21.7. The number of alkyl halides is 3. The molecule has 30 heavy (non-hydrogen) atoms. The smallest absolute Gasteiger partial charge is 0.417 e. The zero-order valence-electron chi connectivity index (χ0n) is 15.6. The Kier molecular flexibility index (Phi) is 6.69. The maximum Gasteiger partial charge on any atom is 0.417 e. The average Bonchev–Trinajstić information content (AvgIpc) is 2.73. The number of halogens is 3. The molecule has 0 heterocycles. The van der Waals surface area contributed by atoms with E-state index in [9.17, 15) is 23.1 Å². The van der Waals surface area contributed by atoms with Gasteiger partial charge in [0.15, 0.2) is 0 Å². The van der Waals surface area contributed by atoms with Gasteiger partial charge >= 0.3 is 12.3 Å². The molecule has 3 aromatic carbocycles. The zero-order valence-corrected chi connectivity index (χ0v) is 16.4. The van der Waals surface area contributed by atoms with Crippen molar-refractivity contribution < 1.29 is 28.2 Å². The molecule has 8 heteroatoms. The maximum atomic E-state index is 14.0. The van der Waals surface area contributed by atoms with Crippen molar-refractivity contribution in [1.82, 2.24) is 5.32 Å². The van der Waals surface area contributed by atoms with Crippen LogP contribution in [-0.4, -0.2) is 16.3 Å². The fourth-order valence-electron chi connectivity index (χ4n) is 2.96. The van der Waals surface area contributed by atoms with E-state index in [1.807, 2.05) is 0 Å². The molecule has 0 atom stereocenters. The molecule has 0 aliphatic heterocycles. The molecule has 4 nitrogen and oxygen atoms in total. The molecular weight excluding hydrogens is 415 g/mol. The normalized spacial score (nSPS) is 11.3. The van der Waals surface area contributed by atoms with Gasteiger partial charge in [0.05, 0.1) is 12.2 Å². The first-order valence-electron chi connectivity index (χ1n) is 8.92. The second-order valence-corrected chi connectivity index (χ2v) is 7.45. The van der Waals surface area contributed by atoms with Gasteiger partial charge < -0.3 is 15.5 Å². The summed E-state index contributed by atoms with van der Waals surface area (Å²) in [4.78, 5) is 11.4. The van der Waals surface area contributed by atoms with Gasteiger partial charge in [-0.3, -0.25) is 0 Å². The summed E-state index contributed by atoms with van der Waals surface area (Å²) in [5.74, 6) is 0. The number of amides is 1. The molecule has 0 aromatic heterocycles. The van der Waals surface area contributed by atoms with E-state index in [1.54, 1.807) is 60.7 Å². The van der Waals surface area contributed by atoms with Crippen molar-refractivity contribution in [2.75, 3.05) is 0 Å². The molecule has 0 spiro atoms. The standard InChI is InChI=1S/C22H18F3NO3S/c23-22(24,25)18-11-16(14-6-2-1-3-7-14)10-17(12-26-21(28)29)20(18)30-19-9-5-4-8-15(19)13-27/h1-11,26-27H,12-13H2,(H,28,29). The molecule has 0 saturated heterocycles. The van der Waals surface area contributed by atoms with Crippen LogP contribution in [0.15, 0.2) is 76.5 Å². The van der Waals surface area contributed by atoms with Gasteiger partial charge in [-0.05, 0) is 40.5 Å². The van der Waals surface area contributed by atoms with Crippen molar-refractivity contribution in [1.29, 1.82) is 0 Å².